The zero-order chi connectivity index (χ0) is 17.9. The van der Waals surface area contributed by atoms with Gasteiger partial charge >= 0.3 is 0 Å². The molecule has 0 aliphatic heterocycles. The van der Waals surface area contributed by atoms with E-state index in [1.165, 1.54) is 0 Å². The van der Waals surface area contributed by atoms with Crippen LogP contribution < -0.4 is 5.73 Å². The summed E-state index contributed by atoms with van der Waals surface area (Å²) in [6.45, 7) is 9.59. The maximum absolute atomic E-state index is 12.9. The van der Waals surface area contributed by atoms with Gasteiger partial charge in [-0.15, -0.1) is 0 Å². The fourth-order valence-corrected chi connectivity index (χ4v) is 3.46. The van der Waals surface area contributed by atoms with Gasteiger partial charge in [0.25, 0.3) is 5.91 Å². The van der Waals surface area contributed by atoms with Gasteiger partial charge in [-0.1, -0.05) is 27.2 Å². The van der Waals surface area contributed by atoms with E-state index in [4.69, 9.17) is 10.5 Å². The number of pyridine rings is 1. The van der Waals surface area contributed by atoms with E-state index in [0.717, 1.165) is 37.3 Å². The number of amides is 1. The van der Waals surface area contributed by atoms with E-state index < -0.39 is 0 Å². The van der Waals surface area contributed by atoms with Crippen LogP contribution in [-0.2, 0) is 11.3 Å². The van der Waals surface area contributed by atoms with Crippen molar-refractivity contribution in [3.8, 4) is 0 Å². The number of carbonyl (C=O) groups excluding carboxylic acids is 1. The SMILES string of the molecule is CCCCO[C@H]1C[C@H](N(C)C(=O)c2ccc(CN)nc2C)C1(C)C. The number of aromatic nitrogens is 1. The van der Waals surface area contributed by atoms with Crippen molar-refractivity contribution >= 4 is 5.91 Å². The second kappa shape index (κ2) is 7.62. The first kappa shape index (κ1) is 18.9. The Labute approximate surface area is 145 Å². The average Bonchev–Trinajstić information content (AvgIpc) is 2.56. The predicted molar refractivity (Wildman–Crippen MR) is 95.8 cm³/mol. The van der Waals surface area contributed by atoms with Crippen molar-refractivity contribution < 1.29 is 9.53 Å². The molecule has 2 N–H and O–H groups in total. The highest BCUT2D eigenvalue weighted by Crippen LogP contribution is 2.45. The lowest BCUT2D eigenvalue weighted by molar-refractivity contribution is -0.140. The number of hydrogen-bond donors (Lipinski definition) is 1. The van der Waals surface area contributed by atoms with Gasteiger partial charge in [0.15, 0.2) is 0 Å². The Balaban J connectivity index is 2.04. The topological polar surface area (TPSA) is 68.5 Å². The van der Waals surface area contributed by atoms with E-state index >= 15 is 0 Å². The highest BCUT2D eigenvalue weighted by Gasteiger charge is 2.52. The van der Waals surface area contributed by atoms with Gasteiger partial charge in [-0.25, -0.2) is 0 Å². The first-order valence-corrected chi connectivity index (χ1v) is 8.88. The first-order valence-electron chi connectivity index (χ1n) is 8.88. The number of unbranched alkanes of at least 4 members (excludes halogenated alkanes) is 1. The lowest BCUT2D eigenvalue weighted by atomic mass is 9.63. The minimum atomic E-state index is -0.0311. The van der Waals surface area contributed by atoms with E-state index in [0.29, 0.717) is 12.1 Å². The van der Waals surface area contributed by atoms with Crippen LogP contribution >= 0.6 is 0 Å². The fourth-order valence-electron chi connectivity index (χ4n) is 3.46. The normalized spacial score (nSPS) is 22.1. The largest absolute Gasteiger partial charge is 0.378 e. The van der Waals surface area contributed by atoms with E-state index in [-0.39, 0.29) is 23.5 Å². The number of carbonyl (C=O) groups is 1. The molecule has 2 atom stereocenters. The maximum Gasteiger partial charge on any atom is 0.255 e. The summed E-state index contributed by atoms with van der Waals surface area (Å²) in [7, 11) is 1.88. The van der Waals surface area contributed by atoms with Crippen LogP contribution in [0, 0.1) is 12.3 Å². The van der Waals surface area contributed by atoms with Gasteiger partial charge < -0.3 is 15.4 Å². The summed E-state index contributed by atoms with van der Waals surface area (Å²) in [5.74, 6) is 0.0219. The molecule has 1 amide bonds. The Kier molecular flexibility index (Phi) is 5.99. The van der Waals surface area contributed by atoms with Crippen LogP contribution in [0.15, 0.2) is 12.1 Å². The lowest BCUT2D eigenvalue weighted by Gasteiger charge is -2.55. The highest BCUT2D eigenvalue weighted by molar-refractivity contribution is 5.95. The molecule has 1 aliphatic rings. The summed E-state index contributed by atoms with van der Waals surface area (Å²) in [6, 6.07) is 3.85. The van der Waals surface area contributed by atoms with Crippen LogP contribution in [0.4, 0.5) is 0 Å². The maximum atomic E-state index is 12.9. The summed E-state index contributed by atoms with van der Waals surface area (Å²) < 4.78 is 5.99. The highest BCUT2D eigenvalue weighted by atomic mass is 16.5. The molecule has 5 nitrogen and oxygen atoms in total. The molecule has 1 aromatic rings. The Bertz CT molecular complexity index is 586. The van der Waals surface area contributed by atoms with Gasteiger partial charge in [0, 0.05) is 31.7 Å². The number of ether oxygens (including phenoxy) is 1. The molecule has 0 unspecified atom stereocenters. The summed E-state index contributed by atoms with van der Waals surface area (Å²) in [5.41, 5.74) is 7.78. The van der Waals surface area contributed by atoms with Gasteiger partial charge in [0.05, 0.1) is 23.1 Å². The molecule has 134 valence electrons. The molecule has 2 rings (SSSR count). The van der Waals surface area contributed by atoms with Crippen molar-refractivity contribution in [2.45, 2.75) is 65.6 Å². The van der Waals surface area contributed by atoms with Gasteiger partial charge in [0.2, 0.25) is 0 Å². The molecule has 1 saturated carbocycles. The molecule has 1 fully saturated rings. The van der Waals surface area contributed by atoms with Crippen molar-refractivity contribution in [3.05, 3.63) is 29.1 Å². The zero-order valence-electron chi connectivity index (χ0n) is 15.6. The third kappa shape index (κ3) is 3.62. The van der Waals surface area contributed by atoms with Crippen LogP contribution in [0.3, 0.4) is 0 Å². The lowest BCUT2D eigenvalue weighted by Crippen LogP contribution is -2.62. The average molecular weight is 333 g/mol. The molecule has 24 heavy (non-hydrogen) atoms. The van der Waals surface area contributed by atoms with E-state index in [1.54, 1.807) is 0 Å². The van der Waals surface area contributed by atoms with Crippen LogP contribution in [0.1, 0.15) is 61.8 Å². The third-order valence-corrected chi connectivity index (χ3v) is 5.31. The minimum Gasteiger partial charge on any atom is -0.378 e. The molecular formula is C19H31N3O2. The Hall–Kier alpha value is -1.46. The van der Waals surface area contributed by atoms with Crippen LogP contribution in [0.2, 0.25) is 0 Å². The Morgan fingerprint density at radius 2 is 2.17 bits per heavy atom. The van der Waals surface area contributed by atoms with Crippen LogP contribution in [0.5, 0.6) is 0 Å². The molecular weight excluding hydrogens is 302 g/mol. The molecule has 0 radical (unpaired) electrons. The third-order valence-electron chi connectivity index (χ3n) is 5.31. The van der Waals surface area contributed by atoms with Crippen molar-refractivity contribution in [1.82, 2.24) is 9.88 Å². The van der Waals surface area contributed by atoms with Crippen LogP contribution in [0.25, 0.3) is 0 Å². The summed E-state index contributed by atoms with van der Waals surface area (Å²) >= 11 is 0. The fraction of sp³-hybridized carbons (Fsp3) is 0.684. The molecule has 0 saturated heterocycles. The number of nitrogens with two attached hydrogens (primary N) is 1. The van der Waals surface area contributed by atoms with Crippen molar-refractivity contribution in [2.75, 3.05) is 13.7 Å². The quantitative estimate of drug-likeness (QED) is 0.779. The monoisotopic (exact) mass is 333 g/mol. The Morgan fingerprint density at radius 3 is 2.71 bits per heavy atom. The van der Waals surface area contributed by atoms with Crippen molar-refractivity contribution in [2.24, 2.45) is 11.1 Å². The molecule has 1 heterocycles. The predicted octanol–water partition coefficient (Wildman–Crippen LogP) is 2.90. The van der Waals surface area contributed by atoms with Crippen molar-refractivity contribution in [1.29, 1.82) is 0 Å². The molecule has 5 heteroatoms. The summed E-state index contributed by atoms with van der Waals surface area (Å²) in [4.78, 5) is 19.1. The molecule has 0 spiro atoms. The second-order valence-electron chi connectivity index (χ2n) is 7.34. The Morgan fingerprint density at radius 1 is 1.46 bits per heavy atom. The number of rotatable bonds is 7. The molecule has 1 aliphatic carbocycles. The molecule has 1 aromatic heterocycles. The summed E-state index contributed by atoms with van der Waals surface area (Å²) in [5, 5.41) is 0. The smallest absolute Gasteiger partial charge is 0.255 e. The molecule has 0 bridgehead atoms. The standard InChI is InChI=1S/C19H31N3O2/c1-6-7-10-24-17-11-16(19(17,3)4)22(5)18(23)15-9-8-14(12-20)21-13(15)2/h8-9,16-17H,6-7,10-12,20H2,1-5H3/t16-,17-/m0/s1. The minimum absolute atomic E-state index is 0.0219. The summed E-state index contributed by atoms with van der Waals surface area (Å²) in [6.07, 6.45) is 3.35. The van der Waals surface area contributed by atoms with E-state index in [1.807, 2.05) is 31.0 Å². The molecule has 0 aromatic carbocycles. The van der Waals surface area contributed by atoms with E-state index in [9.17, 15) is 4.79 Å². The van der Waals surface area contributed by atoms with Crippen LogP contribution in [-0.4, -0.2) is 41.6 Å². The van der Waals surface area contributed by atoms with Gasteiger partial charge in [-0.3, -0.25) is 9.78 Å². The second-order valence-corrected chi connectivity index (χ2v) is 7.34. The first-order chi connectivity index (χ1) is 11.3. The number of nitrogens with zero attached hydrogens (tertiary/aromatic N) is 2. The zero-order valence-corrected chi connectivity index (χ0v) is 15.6. The van der Waals surface area contributed by atoms with E-state index in [2.05, 4.69) is 25.8 Å². The number of hydrogen-bond acceptors (Lipinski definition) is 4. The van der Waals surface area contributed by atoms with Gasteiger partial charge in [0.1, 0.15) is 0 Å². The van der Waals surface area contributed by atoms with Crippen molar-refractivity contribution in [3.63, 3.8) is 0 Å². The number of aryl methyl sites for hydroxylation is 1. The van der Waals surface area contributed by atoms with Gasteiger partial charge in [-0.05, 0) is 31.9 Å². The van der Waals surface area contributed by atoms with Gasteiger partial charge in [-0.2, -0.15) is 0 Å².